The highest BCUT2D eigenvalue weighted by Gasteiger charge is 2.32. The van der Waals surface area contributed by atoms with Gasteiger partial charge in [0, 0.05) is 37.6 Å². The molecule has 10 heteroatoms. The number of H-pyrrole nitrogens is 2. The highest BCUT2D eigenvalue weighted by Crippen LogP contribution is 2.35. The topological polar surface area (TPSA) is 136 Å². The van der Waals surface area contributed by atoms with E-state index in [1.807, 2.05) is 12.1 Å². The van der Waals surface area contributed by atoms with Crippen molar-refractivity contribution >= 4 is 17.3 Å². The van der Waals surface area contributed by atoms with Gasteiger partial charge in [0.1, 0.15) is 5.69 Å². The van der Waals surface area contributed by atoms with Crippen molar-refractivity contribution in [1.29, 1.82) is 0 Å². The average molecular weight is 404 g/mol. The average Bonchev–Trinajstić information content (AvgIpc) is 3.16. The molecule has 30 heavy (non-hydrogen) atoms. The molecule has 1 fully saturated rings. The SMILES string of the molecule is O=C(O)c1ccccc1C1CN(c2cc(-c3c[nH]c(=O)[nH]c3=O)nn3ccnc23)C1. The maximum absolute atomic E-state index is 12.2. The lowest BCUT2D eigenvalue weighted by Gasteiger charge is -2.41. The molecular weight excluding hydrogens is 388 g/mol. The van der Waals surface area contributed by atoms with Gasteiger partial charge in [-0.2, -0.15) is 5.10 Å². The summed E-state index contributed by atoms with van der Waals surface area (Å²) in [6.45, 7) is 1.22. The van der Waals surface area contributed by atoms with E-state index in [9.17, 15) is 19.5 Å². The summed E-state index contributed by atoms with van der Waals surface area (Å²) in [6, 6.07) is 8.76. The highest BCUT2D eigenvalue weighted by molar-refractivity contribution is 5.90. The Labute approximate surface area is 168 Å². The fourth-order valence-electron chi connectivity index (χ4n) is 3.78. The van der Waals surface area contributed by atoms with Crippen LogP contribution in [0.25, 0.3) is 16.9 Å². The molecule has 150 valence electrons. The Morgan fingerprint density at radius 3 is 2.77 bits per heavy atom. The van der Waals surface area contributed by atoms with Crippen molar-refractivity contribution in [2.45, 2.75) is 5.92 Å². The van der Waals surface area contributed by atoms with E-state index in [0.717, 1.165) is 11.3 Å². The van der Waals surface area contributed by atoms with Crippen molar-refractivity contribution in [3.05, 3.63) is 80.9 Å². The first-order chi connectivity index (χ1) is 14.5. The maximum Gasteiger partial charge on any atom is 0.335 e. The van der Waals surface area contributed by atoms with Crippen LogP contribution in [0.4, 0.5) is 5.69 Å². The van der Waals surface area contributed by atoms with Crippen molar-refractivity contribution in [3.63, 3.8) is 0 Å². The standard InChI is InChI=1S/C20H16N6O4/c27-18-14(8-22-20(30)23-18)15-7-16(17-21-5-6-26(17)24-15)25-9-11(10-25)12-3-1-2-4-13(12)19(28)29/h1-8,11H,9-10H2,(H,28,29)(H2,22,23,27,30). The Morgan fingerprint density at radius 1 is 1.20 bits per heavy atom. The maximum atomic E-state index is 12.2. The van der Waals surface area contributed by atoms with Gasteiger partial charge in [0.2, 0.25) is 0 Å². The second-order valence-electron chi connectivity index (χ2n) is 7.09. The second-order valence-corrected chi connectivity index (χ2v) is 7.09. The molecule has 5 rings (SSSR count). The van der Waals surface area contributed by atoms with Gasteiger partial charge in [-0.1, -0.05) is 18.2 Å². The van der Waals surface area contributed by atoms with Gasteiger partial charge >= 0.3 is 11.7 Å². The monoisotopic (exact) mass is 404 g/mol. The molecule has 0 bridgehead atoms. The van der Waals surface area contributed by atoms with E-state index in [0.29, 0.717) is 30.0 Å². The minimum atomic E-state index is -0.941. The Balaban J connectivity index is 1.52. The first-order valence-electron chi connectivity index (χ1n) is 9.25. The number of aromatic amines is 2. The number of carboxylic acid groups (broad SMARTS) is 1. The third kappa shape index (κ3) is 2.85. The summed E-state index contributed by atoms with van der Waals surface area (Å²) in [5.41, 5.74) is 2.02. The van der Waals surface area contributed by atoms with E-state index in [-0.39, 0.29) is 11.5 Å². The van der Waals surface area contributed by atoms with Crippen LogP contribution >= 0.6 is 0 Å². The molecular formula is C20H16N6O4. The molecule has 4 aromatic rings. The molecule has 1 aromatic carbocycles. The van der Waals surface area contributed by atoms with Gasteiger partial charge in [0.25, 0.3) is 5.56 Å². The fraction of sp³-hybridized carbons (Fsp3) is 0.150. The Kier molecular flexibility index (Phi) is 3.98. The number of anilines is 1. The van der Waals surface area contributed by atoms with E-state index in [2.05, 4.69) is 25.0 Å². The third-order valence-corrected chi connectivity index (χ3v) is 5.29. The van der Waals surface area contributed by atoms with Crippen LogP contribution in [-0.4, -0.2) is 48.7 Å². The molecule has 0 atom stereocenters. The minimum absolute atomic E-state index is 0.0698. The van der Waals surface area contributed by atoms with Crippen LogP contribution in [-0.2, 0) is 0 Å². The van der Waals surface area contributed by atoms with E-state index in [1.165, 1.54) is 6.20 Å². The zero-order valence-corrected chi connectivity index (χ0v) is 15.6. The Hall–Kier alpha value is -4.21. The lowest BCUT2D eigenvalue weighted by Crippen LogP contribution is -2.45. The predicted molar refractivity (Wildman–Crippen MR) is 108 cm³/mol. The molecule has 0 aliphatic carbocycles. The van der Waals surface area contributed by atoms with Crippen molar-refractivity contribution < 1.29 is 9.90 Å². The minimum Gasteiger partial charge on any atom is -0.478 e. The van der Waals surface area contributed by atoms with Gasteiger partial charge in [0.05, 0.1) is 16.8 Å². The third-order valence-electron chi connectivity index (χ3n) is 5.29. The number of benzene rings is 1. The quantitative estimate of drug-likeness (QED) is 0.463. The fourth-order valence-corrected chi connectivity index (χ4v) is 3.78. The van der Waals surface area contributed by atoms with Gasteiger partial charge in [-0.15, -0.1) is 0 Å². The van der Waals surface area contributed by atoms with Crippen LogP contribution in [0.5, 0.6) is 0 Å². The van der Waals surface area contributed by atoms with E-state index >= 15 is 0 Å². The molecule has 0 radical (unpaired) electrons. The Bertz CT molecular complexity index is 1400. The number of aromatic carboxylic acids is 1. The number of hydrogen-bond acceptors (Lipinski definition) is 6. The number of hydrogen-bond donors (Lipinski definition) is 3. The molecule has 0 unspecified atom stereocenters. The largest absolute Gasteiger partial charge is 0.478 e. The number of aromatic nitrogens is 5. The lowest BCUT2D eigenvalue weighted by atomic mass is 9.87. The number of nitrogens with one attached hydrogen (secondary N) is 2. The number of imidazole rings is 1. The highest BCUT2D eigenvalue weighted by atomic mass is 16.4. The van der Waals surface area contributed by atoms with E-state index in [4.69, 9.17) is 0 Å². The molecule has 3 N–H and O–H groups in total. The smallest absolute Gasteiger partial charge is 0.335 e. The van der Waals surface area contributed by atoms with Crippen molar-refractivity contribution in [2.75, 3.05) is 18.0 Å². The van der Waals surface area contributed by atoms with Crippen molar-refractivity contribution in [1.82, 2.24) is 24.6 Å². The second kappa shape index (κ2) is 6.69. The van der Waals surface area contributed by atoms with Crippen molar-refractivity contribution in [3.8, 4) is 11.3 Å². The van der Waals surface area contributed by atoms with Crippen LogP contribution in [0.1, 0.15) is 21.8 Å². The summed E-state index contributed by atoms with van der Waals surface area (Å²) in [7, 11) is 0. The number of rotatable bonds is 4. The number of carboxylic acids is 1. The van der Waals surface area contributed by atoms with E-state index < -0.39 is 17.2 Å². The van der Waals surface area contributed by atoms with Gasteiger partial charge in [0.15, 0.2) is 5.65 Å². The molecule has 0 spiro atoms. The van der Waals surface area contributed by atoms with Gasteiger partial charge in [-0.05, 0) is 17.7 Å². The summed E-state index contributed by atoms with van der Waals surface area (Å²) in [6.07, 6.45) is 4.63. The predicted octanol–water partition coefficient (Wildman–Crippen LogP) is 1.07. The number of fused-ring (bicyclic) bond motifs is 1. The van der Waals surface area contributed by atoms with Crippen LogP contribution in [0.3, 0.4) is 0 Å². The molecule has 1 aliphatic heterocycles. The van der Waals surface area contributed by atoms with Gasteiger partial charge in [-0.3, -0.25) is 9.78 Å². The summed E-state index contributed by atoms with van der Waals surface area (Å²) in [5.74, 6) is -0.872. The Morgan fingerprint density at radius 2 is 2.00 bits per heavy atom. The summed E-state index contributed by atoms with van der Waals surface area (Å²) < 4.78 is 1.58. The zero-order valence-electron chi connectivity index (χ0n) is 15.6. The molecule has 4 heterocycles. The van der Waals surface area contributed by atoms with Crippen molar-refractivity contribution in [2.24, 2.45) is 0 Å². The molecule has 0 saturated carbocycles. The molecule has 0 amide bonds. The summed E-state index contributed by atoms with van der Waals surface area (Å²) in [5, 5.41) is 13.9. The summed E-state index contributed by atoms with van der Waals surface area (Å²) in [4.78, 5) is 46.1. The molecule has 1 saturated heterocycles. The molecule has 10 nitrogen and oxygen atoms in total. The zero-order chi connectivity index (χ0) is 20.8. The van der Waals surface area contributed by atoms with E-state index in [1.54, 1.807) is 35.1 Å². The molecule has 1 aliphatic rings. The van der Waals surface area contributed by atoms with Crippen LogP contribution in [0.15, 0.2) is 58.5 Å². The van der Waals surface area contributed by atoms with Crippen LogP contribution in [0.2, 0.25) is 0 Å². The lowest BCUT2D eigenvalue weighted by molar-refractivity contribution is 0.0695. The molecule has 3 aromatic heterocycles. The summed E-state index contributed by atoms with van der Waals surface area (Å²) >= 11 is 0. The van der Waals surface area contributed by atoms with Gasteiger partial charge < -0.3 is 15.0 Å². The first kappa shape index (κ1) is 17.9. The van der Waals surface area contributed by atoms with Crippen LogP contribution < -0.4 is 16.1 Å². The first-order valence-corrected chi connectivity index (χ1v) is 9.25. The number of nitrogens with zero attached hydrogens (tertiary/aromatic N) is 4. The normalized spacial score (nSPS) is 14.1. The number of carbonyl (C=O) groups is 1. The van der Waals surface area contributed by atoms with Crippen LogP contribution in [0, 0.1) is 0 Å². The van der Waals surface area contributed by atoms with Gasteiger partial charge in [-0.25, -0.2) is 19.1 Å².